The first kappa shape index (κ1) is 19.2. The fourth-order valence-corrected chi connectivity index (χ4v) is 2.61. The molecule has 5 nitrogen and oxygen atoms in total. The molecule has 1 aromatic rings. The number of carboxylic acids is 1. The Morgan fingerprint density at radius 3 is 2.17 bits per heavy atom. The van der Waals surface area contributed by atoms with Gasteiger partial charge in [-0.15, -0.1) is 0 Å². The summed E-state index contributed by atoms with van der Waals surface area (Å²) in [5.41, 5.74) is 0.818. The number of aryl methyl sites for hydroxylation is 1. The number of ether oxygens (including phenoxy) is 1. The van der Waals surface area contributed by atoms with Crippen LogP contribution in [-0.4, -0.2) is 33.0 Å². The highest BCUT2D eigenvalue weighted by atomic mass is 32.2. The van der Waals surface area contributed by atoms with Crippen LogP contribution in [0.15, 0.2) is 24.3 Å². The topological polar surface area (TPSA) is 80.7 Å². The van der Waals surface area contributed by atoms with Crippen molar-refractivity contribution in [2.75, 3.05) is 0 Å². The number of esters is 1. The Morgan fingerprint density at radius 2 is 1.74 bits per heavy atom. The van der Waals surface area contributed by atoms with Gasteiger partial charge in [0.25, 0.3) is 0 Å². The summed E-state index contributed by atoms with van der Waals surface area (Å²) in [6.07, 6.45) is 0.872. The van der Waals surface area contributed by atoms with E-state index >= 15 is 0 Å². The summed E-state index contributed by atoms with van der Waals surface area (Å²) in [7, 11) is 0. The highest BCUT2D eigenvalue weighted by molar-refractivity contribution is 8.14. The minimum atomic E-state index is -0.990. The Hall–Kier alpha value is -1.82. The van der Waals surface area contributed by atoms with Crippen molar-refractivity contribution in [3.63, 3.8) is 0 Å². The molecule has 126 valence electrons. The molecule has 0 spiro atoms. The van der Waals surface area contributed by atoms with E-state index in [1.54, 1.807) is 45.0 Å². The molecule has 1 aromatic carbocycles. The fourth-order valence-electron chi connectivity index (χ4n) is 1.88. The van der Waals surface area contributed by atoms with Gasteiger partial charge in [0.1, 0.15) is 10.9 Å². The molecule has 0 saturated carbocycles. The molecule has 0 bridgehead atoms. The summed E-state index contributed by atoms with van der Waals surface area (Å²) in [5.74, 6) is -1.38. The van der Waals surface area contributed by atoms with Gasteiger partial charge >= 0.3 is 11.9 Å². The summed E-state index contributed by atoms with van der Waals surface area (Å²) in [6.45, 7) is 6.77. The average molecular weight is 338 g/mol. The number of rotatable bonds is 6. The molecular weight excluding hydrogens is 316 g/mol. The SMILES string of the molecule is CC(=O)SC(CCc1ccc(C(=O)OC(C)(C)C)cc1)C(=O)O. The zero-order valence-corrected chi connectivity index (χ0v) is 14.6. The van der Waals surface area contributed by atoms with Gasteiger partial charge in [-0.25, -0.2) is 4.79 Å². The summed E-state index contributed by atoms with van der Waals surface area (Å²) in [4.78, 5) is 34.1. The van der Waals surface area contributed by atoms with E-state index in [1.165, 1.54) is 6.92 Å². The molecular formula is C17H22O5S. The summed E-state index contributed by atoms with van der Waals surface area (Å²) in [6, 6.07) is 6.88. The van der Waals surface area contributed by atoms with E-state index in [-0.39, 0.29) is 11.1 Å². The first-order valence-corrected chi connectivity index (χ1v) is 8.19. The van der Waals surface area contributed by atoms with Crippen LogP contribution in [0.3, 0.4) is 0 Å². The van der Waals surface area contributed by atoms with E-state index in [0.29, 0.717) is 18.4 Å². The molecule has 1 atom stereocenters. The van der Waals surface area contributed by atoms with Crippen LogP contribution in [0.5, 0.6) is 0 Å². The molecule has 1 N–H and O–H groups in total. The average Bonchev–Trinajstić information content (AvgIpc) is 2.41. The van der Waals surface area contributed by atoms with Crippen LogP contribution in [-0.2, 0) is 20.7 Å². The predicted molar refractivity (Wildman–Crippen MR) is 89.6 cm³/mol. The van der Waals surface area contributed by atoms with Crippen LogP contribution in [0.1, 0.15) is 50.0 Å². The van der Waals surface area contributed by atoms with E-state index in [1.807, 2.05) is 0 Å². The van der Waals surface area contributed by atoms with Gasteiger partial charge in [-0.05, 0) is 51.3 Å². The summed E-state index contributed by atoms with van der Waals surface area (Å²) >= 11 is 0.829. The maximum absolute atomic E-state index is 11.9. The van der Waals surface area contributed by atoms with Crippen LogP contribution in [0.4, 0.5) is 0 Å². The van der Waals surface area contributed by atoms with Crippen LogP contribution in [0, 0.1) is 0 Å². The third-order valence-electron chi connectivity index (χ3n) is 2.87. The molecule has 0 aliphatic heterocycles. The van der Waals surface area contributed by atoms with E-state index in [2.05, 4.69) is 0 Å². The van der Waals surface area contributed by atoms with Crippen molar-refractivity contribution in [1.82, 2.24) is 0 Å². The quantitative estimate of drug-likeness (QED) is 0.802. The van der Waals surface area contributed by atoms with Crippen molar-refractivity contribution >= 4 is 28.8 Å². The first-order chi connectivity index (χ1) is 10.6. The maximum Gasteiger partial charge on any atom is 0.338 e. The minimum absolute atomic E-state index is 0.210. The molecule has 0 aliphatic rings. The predicted octanol–water partition coefficient (Wildman–Crippen LogP) is 3.31. The Labute approximate surface area is 140 Å². The smallest absolute Gasteiger partial charge is 0.338 e. The van der Waals surface area contributed by atoms with Crippen molar-refractivity contribution in [1.29, 1.82) is 0 Å². The summed E-state index contributed by atoms with van der Waals surface area (Å²) < 4.78 is 5.28. The number of aliphatic carboxylic acids is 1. The van der Waals surface area contributed by atoms with Gasteiger partial charge in [-0.1, -0.05) is 23.9 Å². The standard InChI is InChI=1S/C17H22O5S/c1-11(18)23-14(15(19)20)10-7-12-5-8-13(9-6-12)16(21)22-17(2,3)4/h5-6,8-9,14H,7,10H2,1-4H3,(H,19,20). The lowest BCUT2D eigenvalue weighted by molar-refractivity contribution is -0.136. The van der Waals surface area contributed by atoms with Gasteiger partial charge in [0.15, 0.2) is 5.12 Å². The Balaban J connectivity index is 2.65. The van der Waals surface area contributed by atoms with Crippen molar-refractivity contribution in [2.24, 2.45) is 0 Å². The normalized spacial score (nSPS) is 12.5. The lowest BCUT2D eigenvalue weighted by Gasteiger charge is -2.19. The molecule has 1 rings (SSSR count). The number of carboxylic acid groups (broad SMARTS) is 1. The number of hydrogen-bond donors (Lipinski definition) is 1. The second-order valence-corrected chi connectivity index (χ2v) is 7.55. The molecule has 0 aromatic heterocycles. The first-order valence-electron chi connectivity index (χ1n) is 7.31. The molecule has 0 heterocycles. The number of benzene rings is 1. The van der Waals surface area contributed by atoms with Crippen molar-refractivity contribution in [3.8, 4) is 0 Å². The largest absolute Gasteiger partial charge is 0.480 e. The number of thioether (sulfide) groups is 1. The van der Waals surface area contributed by atoms with E-state index in [0.717, 1.165) is 17.3 Å². The van der Waals surface area contributed by atoms with Gasteiger partial charge in [0.2, 0.25) is 0 Å². The van der Waals surface area contributed by atoms with Crippen LogP contribution < -0.4 is 0 Å². The fraction of sp³-hybridized carbons (Fsp3) is 0.471. The van der Waals surface area contributed by atoms with Crippen molar-refractivity contribution in [2.45, 2.75) is 51.4 Å². The van der Waals surface area contributed by atoms with Crippen LogP contribution in [0.2, 0.25) is 0 Å². The molecule has 0 amide bonds. The molecule has 0 radical (unpaired) electrons. The second-order valence-electron chi connectivity index (χ2n) is 6.17. The molecule has 0 fully saturated rings. The van der Waals surface area contributed by atoms with Gasteiger partial charge in [0, 0.05) is 6.92 Å². The van der Waals surface area contributed by atoms with Crippen LogP contribution >= 0.6 is 11.8 Å². The lowest BCUT2D eigenvalue weighted by atomic mass is 10.1. The minimum Gasteiger partial charge on any atom is -0.480 e. The molecule has 0 aliphatic carbocycles. The Morgan fingerprint density at radius 1 is 1.17 bits per heavy atom. The number of carbonyl (C=O) groups is 3. The zero-order valence-electron chi connectivity index (χ0n) is 13.8. The Kier molecular flexibility index (Phi) is 6.81. The highest BCUT2D eigenvalue weighted by Crippen LogP contribution is 2.19. The summed E-state index contributed by atoms with van der Waals surface area (Å²) in [5, 5.41) is 8.13. The molecule has 23 heavy (non-hydrogen) atoms. The van der Waals surface area contributed by atoms with E-state index in [4.69, 9.17) is 9.84 Å². The number of hydrogen-bond acceptors (Lipinski definition) is 5. The number of carbonyl (C=O) groups excluding carboxylic acids is 2. The zero-order chi connectivity index (χ0) is 17.6. The third-order valence-corrected chi connectivity index (χ3v) is 3.92. The van der Waals surface area contributed by atoms with Gasteiger partial charge in [-0.3, -0.25) is 9.59 Å². The van der Waals surface area contributed by atoms with Crippen molar-refractivity contribution < 1.29 is 24.2 Å². The van der Waals surface area contributed by atoms with Crippen LogP contribution in [0.25, 0.3) is 0 Å². The molecule has 1 unspecified atom stereocenters. The van der Waals surface area contributed by atoms with Gasteiger partial charge in [-0.2, -0.15) is 0 Å². The van der Waals surface area contributed by atoms with Gasteiger partial charge in [0.05, 0.1) is 5.56 Å². The third kappa shape index (κ3) is 7.32. The van der Waals surface area contributed by atoms with Crippen molar-refractivity contribution in [3.05, 3.63) is 35.4 Å². The maximum atomic E-state index is 11.9. The Bertz CT molecular complexity index is 572. The monoisotopic (exact) mass is 338 g/mol. The second kappa shape index (κ2) is 8.15. The molecule has 6 heteroatoms. The van der Waals surface area contributed by atoms with Gasteiger partial charge < -0.3 is 9.84 Å². The highest BCUT2D eigenvalue weighted by Gasteiger charge is 2.20. The lowest BCUT2D eigenvalue weighted by Crippen LogP contribution is -2.23. The molecule has 0 saturated heterocycles. The van der Waals surface area contributed by atoms with E-state index in [9.17, 15) is 14.4 Å². The van der Waals surface area contributed by atoms with E-state index < -0.39 is 16.8 Å².